The third-order valence-corrected chi connectivity index (χ3v) is 7.89. The van der Waals surface area contributed by atoms with E-state index in [-0.39, 0.29) is 35.3 Å². The summed E-state index contributed by atoms with van der Waals surface area (Å²) in [7, 11) is 1.46. The molecule has 5 aliphatic rings. The Balaban J connectivity index is 1.42. The number of rotatable bonds is 3. The van der Waals surface area contributed by atoms with Crippen LogP contribution < -0.4 is 5.32 Å². The molecule has 2 amide bonds. The fraction of sp³-hybridized carbons (Fsp3) is 0.636. The smallest absolute Gasteiger partial charge is 0.318 e. The molecular formula is C22H26F2N2O3. The maximum atomic E-state index is 13.8. The molecule has 1 heterocycles. The van der Waals surface area contributed by atoms with Gasteiger partial charge >= 0.3 is 12.0 Å². The van der Waals surface area contributed by atoms with Crippen LogP contribution in [0.25, 0.3) is 0 Å². The predicted molar refractivity (Wildman–Crippen MR) is 101 cm³/mol. The fourth-order valence-corrected chi connectivity index (χ4v) is 6.98. The van der Waals surface area contributed by atoms with Gasteiger partial charge in [0.25, 0.3) is 0 Å². The normalized spacial score (nSPS) is 40.3. The second kappa shape index (κ2) is 6.16. The van der Waals surface area contributed by atoms with Gasteiger partial charge in [-0.3, -0.25) is 4.79 Å². The molecule has 3 unspecified atom stereocenters. The molecule has 0 aromatic heterocycles. The Morgan fingerprint density at radius 1 is 1.17 bits per heavy atom. The molecule has 0 spiro atoms. The number of nitrogens with zero attached hydrogens (tertiary/aromatic N) is 1. The molecule has 6 rings (SSSR count). The number of hydrogen-bond donors (Lipinski definition) is 1. The first-order valence-corrected chi connectivity index (χ1v) is 10.4. The molecule has 1 N–H and O–H groups in total. The van der Waals surface area contributed by atoms with Gasteiger partial charge < -0.3 is 15.0 Å². The number of ether oxygens (including phenoxy) is 1. The Kier molecular flexibility index (Phi) is 4.00. The summed E-state index contributed by atoms with van der Waals surface area (Å²) >= 11 is 0. The molecule has 4 aliphatic carbocycles. The van der Waals surface area contributed by atoms with Crippen LogP contribution in [0.5, 0.6) is 0 Å². The van der Waals surface area contributed by atoms with Crippen molar-refractivity contribution in [2.24, 2.45) is 23.2 Å². The molecule has 1 aliphatic heterocycles. The molecule has 29 heavy (non-hydrogen) atoms. The lowest BCUT2D eigenvalue weighted by Gasteiger charge is -2.60. The number of methoxy groups -OCH3 is 1. The standard InChI is InChI=1S/C22H26F2N2O3/c1-21(15-3-4-16(23)17(24)7-15)11-26(20(28)25-21)18-13-5-12-6-14(18)10-22(8-12,9-13)19(27)29-2/h3-4,7,12-14,18H,5-6,8-11H2,1-2H3,(H,25,28). The topological polar surface area (TPSA) is 58.6 Å². The van der Waals surface area contributed by atoms with E-state index in [9.17, 15) is 18.4 Å². The van der Waals surface area contributed by atoms with E-state index in [1.54, 1.807) is 0 Å². The summed E-state index contributed by atoms with van der Waals surface area (Å²) in [4.78, 5) is 27.4. The van der Waals surface area contributed by atoms with Gasteiger partial charge in [-0.1, -0.05) is 6.07 Å². The predicted octanol–water partition coefficient (Wildman–Crippen LogP) is 3.57. The largest absolute Gasteiger partial charge is 0.469 e. The van der Waals surface area contributed by atoms with Crippen molar-refractivity contribution < 1.29 is 23.1 Å². The second-order valence-corrected chi connectivity index (χ2v) is 9.75. The van der Waals surface area contributed by atoms with Crippen molar-refractivity contribution in [3.05, 3.63) is 35.4 Å². The van der Waals surface area contributed by atoms with E-state index < -0.39 is 17.2 Å². The van der Waals surface area contributed by atoms with Crippen LogP contribution in [0.15, 0.2) is 18.2 Å². The van der Waals surface area contributed by atoms with Gasteiger partial charge in [0.05, 0.1) is 18.1 Å². The van der Waals surface area contributed by atoms with Crippen molar-refractivity contribution in [2.75, 3.05) is 13.7 Å². The van der Waals surface area contributed by atoms with E-state index >= 15 is 0 Å². The highest BCUT2D eigenvalue weighted by Gasteiger charge is 2.61. The summed E-state index contributed by atoms with van der Waals surface area (Å²) in [5.74, 6) is -0.838. The minimum Gasteiger partial charge on any atom is -0.469 e. The molecular weight excluding hydrogens is 378 g/mol. The highest BCUT2D eigenvalue weighted by molar-refractivity contribution is 5.80. The SMILES string of the molecule is COC(=O)C12CC3CC(C1)C(N1CC(C)(c4ccc(F)c(F)c4)NC1=O)C(C3)C2. The number of carbonyl (C=O) groups is 2. The lowest BCUT2D eigenvalue weighted by Crippen LogP contribution is -2.61. The Hall–Kier alpha value is -2.18. The molecule has 5 nitrogen and oxygen atoms in total. The van der Waals surface area contributed by atoms with Crippen molar-refractivity contribution in [3.8, 4) is 0 Å². The molecule has 7 heteroatoms. The number of benzene rings is 1. The monoisotopic (exact) mass is 404 g/mol. The van der Waals surface area contributed by atoms with Crippen LogP contribution in [-0.4, -0.2) is 36.6 Å². The molecule has 1 aromatic carbocycles. The van der Waals surface area contributed by atoms with E-state index in [0.717, 1.165) is 38.2 Å². The molecule has 4 saturated carbocycles. The Morgan fingerprint density at radius 2 is 1.86 bits per heavy atom. The number of amides is 2. The number of nitrogens with one attached hydrogen (secondary N) is 1. The van der Waals surface area contributed by atoms with Crippen molar-refractivity contribution >= 4 is 12.0 Å². The quantitative estimate of drug-likeness (QED) is 0.784. The lowest BCUT2D eigenvalue weighted by molar-refractivity contribution is -0.174. The third-order valence-electron chi connectivity index (χ3n) is 7.89. The van der Waals surface area contributed by atoms with E-state index in [0.29, 0.717) is 18.0 Å². The number of halogens is 2. The zero-order chi connectivity index (χ0) is 20.6. The van der Waals surface area contributed by atoms with Crippen LogP contribution in [0.1, 0.15) is 44.6 Å². The van der Waals surface area contributed by atoms with Gasteiger partial charge in [0.15, 0.2) is 11.6 Å². The van der Waals surface area contributed by atoms with Gasteiger partial charge in [0.1, 0.15) is 0 Å². The second-order valence-electron chi connectivity index (χ2n) is 9.75. The van der Waals surface area contributed by atoms with Crippen molar-refractivity contribution in [2.45, 2.75) is 50.6 Å². The average Bonchev–Trinajstić information content (AvgIpc) is 2.98. The molecule has 1 aromatic rings. The molecule has 4 bridgehead atoms. The first-order chi connectivity index (χ1) is 13.7. The maximum absolute atomic E-state index is 13.8. The summed E-state index contributed by atoms with van der Waals surface area (Å²) in [5, 5.41) is 3.00. The van der Waals surface area contributed by atoms with E-state index in [1.165, 1.54) is 19.2 Å². The van der Waals surface area contributed by atoms with E-state index in [1.807, 2.05) is 11.8 Å². The summed E-state index contributed by atoms with van der Waals surface area (Å²) in [6.45, 7) is 2.26. The van der Waals surface area contributed by atoms with Gasteiger partial charge in [0.2, 0.25) is 0 Å². The Morgan fingerprint density at radius 3 is 2.48 bits per heavy atom. The highest BCUT2D eigenvalue weighted by Crippen LogP contribution is 2.61. The van der Waals surface area contributed by atoms with Crippen LogP contribution in [0, 0.1) is 34.8 Å². The lowest BCUT2D eigenvalue weighted by atomic mass is 9.47. The highest BCUT2D eigenvalue weighted by atomic mass is 19.2. The van der Waals surface area contributed by atoms with Crippen LogP contribution in [0.4, 0.5) is 13.6 Å². The summed E-state index contributed by atoms with van der Waals surface area (Å²) in [5.41, 5.74) is -0.608. The summed E-state index contributed by atoms with van der Waals surface area (Å²) < 4.78 is 32.3. The summed E-state index contributed by atoms with van der Waals surface area (Å²) in [6.07, 6.45) is 4.50. The minimum absolute atomic E-state index is 0.0800. The molecule has 0 radical (unpaired) electrons. The van der Waals surface area contributed by atoms with E-state index in [2.05, 4.69) is 5.32 Å². The molecule has 1 saturated heterocycles. The molecule has 156 valence electrons. The van der Waals surface area contributed by atoms with Crippen molar-refractivity contribution in [3.63, 3.8) is 0 Å². The van der Waals surface area contributed by atoms with Gasteiger partial charge in [-0.15, -0.1) is 0 Å². The zero-order valence-corrected chi connectivity index (χ0v) is 16.7. The third kappa shape index (κ3) is 2.69. The van der Waals surface area contributed by atoms with Crippen LogP contribution in [0.2, 0.25) is 0 Å². The summed E-state index contributed by atoms with van der Waals surface area (Å²) in [6, 6.07) is 3.72. The molecule has 5 fully saturated rings. The van der Waals surface area contributed by atoms with Crippen molar-refractivity contribution in [1.82, 2.24) is 10.2 Å². The maximum Gasteiger partial charge on any atom is 0.318 e. The number of hydrogen-bond acceptors (Lipinski definition) is 3. The van der Waals surface area contributed by atoms with Gasteiger partial charge in [0, 0.05) is 12.6 Å². The number of urea groups is 1. The number of esters is 1. The minimum atomic E-state index is -0.911. The Labute approximate surface area is 168 Å². The first-order valence-electron chi connectivity index (χ1n) is 10.4. The zero-order valence-electron chi connectivity index (χ0n) is 16.7. The van der Waals surface area contributed by atoms with Gasteiger partial charge in [-0.2, -0.15) is 0 Å². The Bertz CT molecular complexity index is 875. The van der Waals surface area contributed by atoms with Crippen LogP contribution in [0.3, 0.4) is 0 Å². The van der Waals surface area contributed by atoms with Gasteiger partial charge in [-0.05, 0) is 74.5 Å². The molecule has 3 atom stereocenters. The number of carbonyl (C=O) groups excluding carboxylic acids is 2. The van der Waals surface area contributed by atoms with Crippen LogP contribution in [-0.2, 0) is 15.1 Å². The van der Waals surface area contributed by atoms with E-state index in [4.69, 9.17) is 4.74 Å². The average molecular weight is 404 g/mol. The van der Waals surface area contributed by atoms with Gasteiger partial charge in [-0.25, -0.2) is 13.6 Å². The fourth-order valence-electron chi connectivity index (χ4n) is 6.98. The van der Waals surface area contributed by atoms with Crippen LogP contribution >= 0.6 is 0 Å². The first kappa shape index (κ1) is 18.8. The van der Waals surface area contributed by atoms with Crippen molar-refractivity contribution in [1.29, 1.82) is 0 Å².